The summed E-state index contributed by atoms with van der Waals surface area (Å²) in [7, 11) is 0. The van der Waals surface area contributed by atoms with Crippen molar-refractivity contribution in [2.24, 2.45) is 0 Å². The first-order chi connectivity index (χ1) is 8.97. The van der Waals surface area contributed by atoms with E-state index in [0.717, 1.165) is 37.2 Å². The Morgan fingerprint density at radius 3 is 2.63 bits per heavy atom. The van der Waals surface area contributed by atoms with Crippen LogP contribution in [0.1, 0.15) is 25.3 Å². The number of carbonyl (C=O) groups excluding carboxylic acids is 1. The van der Waals surface area contributed by atoms with Crippen LogP contribution in [-0.4, -0.2) is 29.9 Å². The molecule has 19 heavy (non-hydrogen) atoms. The summed E-state index contributed by atoms with van der Waals surface area (Å²) >= 11 is 3.18. The van der Waals surface area contributed by atoms with Crippen LogP contribution in [-0.2, 0) is 4.79 Å². The standard InChI is InChI=1S/C14H18BrFN2O/c1-9-7-12(15)13(16)8-14(9)17-11-3-5-18(6-4-11)10(2)19/h7-8,11,17H,3-6H2,1-2H3. The van der Waals surface area contributed by atoms with Crippen molar-refractivity contribution in [2.75, 3.05) is 18.4 Å². The molecule has 1 aliphatic heterocycles. The highest BCUT2D eigenvalue weighted by molar-refractivity contribution is 9.10. The van der Waals surface area contributed by atoms with Crippen LogP contribution in [0.25, 0.3) is 0 Å². The molecule has 1 N–H and O–H groups in total. The summed E-state index contributed by atoms with van der Waals surface area (Å²) in [6, 6.07) is 3.61. The third kappa shape index (κ3) is 3.47. The average molecular weight is 329 g/mol. The first-order valence-electron chi connectivity index (χ1n) is 6.45. The Morgan fingerprint density at radius 1 is 1.42 bits per heavy atom. The maximum Gasteiger partial charge on any atom is 0.219 e. The average Bonchev–Trinajstić information content (AvgIpc) is 2.36. The zero-order valence-corrected chi connectivity index (χ0v) is 12.8. The highest BCUT2D eigenvalue weighted by atomic mass is 79.9. The molecule has 0 atom stereocenters. The molecule has 1 aromatic rings. The van der Waals surface area contributed by atoms with Gasteiger partial charge in [-0.3, -0.25) is 4.79 Å². The third-order valence-electron chi connectivity index (χ3n) is 3.57. The van der Waals surface area contributed by atoms with Crippen LogP contribution in [0, 0.1) is 12.7 Å². The van der Waals surface area contributed by atoms with Crippen molar-refractivity contribution in [2.45, 2.75) is 32.7 Å². The number of nitrogens with one attached hydrogen (secondary N) is 1. The number of hydrogen-bond acceptors (Lipinski definition) is 2. The number of rotatable bonds is 2. The van der Waals surface area contributed by atoms with Crippen LogP contribution in [0.3, 0.4) is 0 Å². The lowest BCUT2D eigenvalue weighted by molar-refractivity contribution is -0.129. The van der Waals surface area contributed by atoms with Gasteiger partial charge < -0.3 is 10.2 Å². The van der Waals surface area contributed by atoms with E-state index in [0.29, 0.717) is 10.5 Å². The van der Waals surface area contributed by atoms with Gasteiger partial charge in [-0.2, -0.15) is 0 Å². The fourth-order valence-electron chi connectivity index (χ4n) is 2.36. The predicted molar refractivity (Wildman–Crippen MR) is 77.7 cm³/mol. The minimum Gasteiger partial charge on any atom is -0.382 e. The molecule has 0 unspecified atom stereocenters. The number of likely N-dealkylation sites (tertiary alicyclic amines) is 1. The molecule has 104 valence electrons. The number of amides is 1. The molecule has 0 aliphatic carbocycles. The van der Waals surface area contributed by atoms with E-state index in [-0.39, 0.29) is 11.7 Å². The maximum atomic E-state index is 13.5. The SMILES string of the molecule is CC(=O)N1CCC(Nc2cc(F)c(Br)cc2C)CC1. The molecule has 1 aliphatic rings. The molecule has 0 aromatic heterocycles. The van der Waals surface area contributed by atoms with E-state index in [4.69, 9.17) is 0 Å². The van der Waals surface area contributed by atoms with E-state index in [9.17, 15) is 9.18 Å². The van der Waals surface area contributed by atoms with Crippen LogP contribution >= 0.6 is 15.9 Å². The first-order valence-corrected chi connectivity index (χ1v) is 7.24. The molecule has 3 nitrogen and oxygen atoms in total. The van der Waals surface area contributed by atoms with Crippen molar-refractivity contribution in [3.8, 4) is 0 Å². The Morgan fingerprint density at radius 2 is 2.05 bits per heavy atom. The smallest absolute Gasteiger partial charge is 0.219 e. The van der Waals surface area contributed by atoms with Gasteiger partial charge in [-0.15, -0.1) is 0 Å². The van der Waals surface area contributed by atoms with Gasteiger partial charge in [0.25, 0.3) is 0 Å². The Kier molecular flexibility index (Phi) is 4.45. The molecule has 5 heteroatoms. The number of benzene rings is 1. The fourth-order valence-corrected chi connectivity index (χ4v) is 2.82. The summed E-state index contributed by atoms with van der Waals surface area (Å²) in [5.41, 5.74) is 1.85. The maximum absolute atomic E-state index is 13.5. The number of nitrogens with zero attached hydrogens (tertiary/aromatic N) is 1. The highest BCUT2D eigenvalue weighted by Crippen LogP contribution is 2.26. The van der Waals surface area contributed by atoms with Crippen molar-refractivity contribution in [3.05, 3.63) is 28.0 Å². The first kappa shape index (κ1) is 14.3. The lowest BCUT2D eigenvalue weighted by atomic mass is 10.0. The third-order valence-corrected chi connectivity index (χ3v) is 4.17. The van der Waals surface area contributed by atoms with E-state index >= 15 is 0 Å². The van der Waals surface area contributed by atoms with Crippen LogP contribution in [0.5, 0.6) is 0 Å². The number of hydrogen-bond donors (Lipinski definition) is 1. The van der Waals surface area contributed by atoms with E-state index in [1.165, 1.54) is 6.07 Å². The quantitative estimate of drug-likeness (QED) is 0.903. The van der Waals surface area contributed by atoms with Gasteiger partial charge in [-0.1, -0.05) is 0 Å². The second-order valence-corrected chi connectivity index (χ2v) is 5.86. The largest absolute Gasteiger partial charge is 0.382 e. The van der Waals surface area contributed by atoms with Gasteiger partial charge in [-0.25, -0.2) is 4.39 Å². The Bertz CT molecular complexity index is 485. The van der Waals surface area contributed by atoms with E-state index in [2.05, 4.69) is 21.2 Å². The van der Waals surface area contributed by atoms with E-state index < -0.39 is 0 Å². The van der Waals surface area contributed by atoms with Crippen molar-refractivity contribution < 1.29 is 9.18 Å². The number of aryl methyl sites for hydroxylation is 1. The summed E-state index contributed by atoms with van der Waals surface area (Å²) in [5.74, 6) is -0.126. The molecule has 1 heterocycles. The predicted octanol–water partition coefficient (Wildman–Crippen LogP) is 3.32. The Balaban J connectivity index is 1.99. The molecule has 1 aromatic carbocycles. The zero-order valence-electron chi connectivity index (χ0n) is 11.2. The summed E-state index contributed by atoms with van der Waals surface area (Å²) < 4.78 is 14.0. The zero-order chi connectivity index (χ0) is 14.0. The molecule has 1 fully saturated rings. The van der Waals surface area contributed by atoms with Crippen LogP contribution in [0.15, 0.2) is 16.6 Å². The van der Waals surface area contributed by atoms with Gasteiger partial charge in [0.05, 0.1) is 4.47 Å². The summed E-state index contributed by atoms with van der Waals surface area (Å²) in [6.07, 6.45) is 1.80. The molecule has 2 rings (SSSR count). The summed E-state index contributed by atoms with van der Waals surface area (Å²) in [6.45, 7) is 5.09. The number of piperidine rings is 1. The Labute approximate surface area is 121 Å². The fraction of sp³-hybridized carbons (Fsp3) is 0.500. The molecule has 1 saturated heterocycles. The van der Waals surface area contributed by atoms with Crippen LogP contribution in [0.2, 0.25) is 0 Å². The van der Waals surface area contributed by atoms with Crippen LogP contribution < -0.4 is 5.32 Å². The second kappa shape index (κ2) is 5.90. The molecular weight excluding hydrogens is 311 g/mol. The minimum absolute atomic E-state index is 0.129. The van der Waals surface area contributed by atoms with E-state index in [1.807, 2.05) is 11.8 Å². The van der Waals surface area contributed by atoms with Crippen molar-refractivity contribution in [1.82, 2.24) is 4.90 Å². The van der Waals surface area contributed by atoms with Gasteiger partial charge in [-0.05, 0) is 53.4 Å². The summed E-state index contributed by atoms with van der Waals surface area (Å²) in [4.78, 5) is 13.1. The van der Waals surface area contributed by atoms with Crippen molar-refractivity contribution in [3.63, 3.8) is 0 Å². The molecule has 0 bridgehead atoms. The van der Waals surface area contributed by atoms with Gasteiger partial charge >= 0.3 is 0 Å². The topological polar surface area (TPSA) is 32.3 Å². The molecule has 1 amide bonds. The van der Waals surface area contributed by atoms with Crippen molar-refractivity contribution >= 4 is 27.5 Å². The second-order valence-electron chi connectivity index (χ2n) is 5.01. The number of carbonyl (C=O) groups is 1. The monoisotopic (exact) mass is 328 g/mol. The molecule has 0 saturated carbocycles. The van der Waals surface area contributed by atoms with Gasteiger partial charge in [0.2, 0.25) is 5.91 Å². The summed E-state index contributed by atoms with van der Waals surface area (Å²) in [5, 5.41) is 3.38. The molecule has 0 radical (unpaired) electrons. The number of halogens is 2. The minimum atomic E-state index is -0.255. The normalized spacial score (nSPS) is 16.5. The van der Waals surface area contributed by atoms with Gasteiger partial charge in [0.15, 0.2) is 0 Å². The lowest BCUT2D eigenvalue weighted by Gasteiger charge is -2.32. The van der Waals surface area contributed by atoms with Crippen molar-refractivity contribution in [1.29, 1.82) is 0 Å². The number of anilines is 1. The van der Waals surface area contributed by atoms with E-state index in [1.54, 1.807) is 13.0 Å². The lowest BCUT2D eigenvalue weighted by Crippen LogP contribution is -2.41. The highest BCUT2D eigenvalue weighted by Gasteiger charge is 2.21. The van der Waals surface area contributed by atoms with Gasteiger partial charge in [0.1, 0.15) is 5.82 Å². The van der Waals surface area contributed by atoms with Gasteiger partial charge in [0, 0.05) is 31.7 Å². The molecule has 0 spiro atoms. The van der Waals surface area contributed by atoms with Crippen LogP contribution in [0.4, 0.5) is 10.1 Å². The Hall–Kier alpha value is -1.10. The molecular formula is C14H18BrFN2O.